The van der Waals surface area contributed by atoms with Crippen LogP contribution in [0.15, 0.2) is 66.7 Å². The van der Waals surface area contributed by atoms with Crippen LogP contribution in [0, 0.1) is 13.8 Å². The molecule has 0 saturated heterocycles. The molecule has 0 amide bonds. The summed E-state index contributed by atoms with van der Waals surface area (Å²) in [6, 6.07) is 20.5. The third-order valence-electron chi connectivity index (χ3n) is 5.05. The zero-order valence-electron chi connectivity index (χ0n) is 18.6. The van der Waals surface area contributed by atoms with Crippen molar-refractivity contribution < 1.29 is 19.4 Å². The molecule has 0 fully saturated rings. The number of carbonyl (C=O) groups is 1. The van der Waals surface area contributed by atoms with Gasteiger partial charge in [0.25, 0.3) is 0 Å². The highest BCUT2D eigenvalue weighted by Gasteiger charge is 2.15. The van der Waals surface area contributed by atoms with Gasteiger partial charge in [0.05, 0.1) is 12.7 Å². The molecular weight excluding hydrogens is 418 g/mol. The van der Waals surface area contributed by atoms with Crippen molar-refractivity contribution >= 4 is 5.97 Å². The van der Waals surface area contributed by atoms with E-state index in [1.807, 2.05) is 62.4 Å². The summed E-state index contributed by atoms with van der Waals surface area (Å²) < 4.78 is 9.92. The van der Waals surface area contributed by atoms with Crippen LogP contribution in [0.3, 0.4) is 0 Å². The van der Waals surface area contributed by atoms with E-state index in [1.165, 1.54) is 13.2 Å². The summed E-state index contributed by atoms with van der Waals surface area (Å²) in [5, 5.41) is 10.7. The molecule has 0 aliphatic carbocycles. The van der Waals surface area contributed by atoms with Gasteiger partial charge in [-0.3, -0.25) is 0 Å². The minimum atomic E-state index is -0.512. The van der Waals surface area contributed by atoms with Crippen molar-refractivity contribution in [2.75, 3.05) is 13.7 Å². The first-order chi connectivity index (χ1) is 15.9. The van der Waals surface area contributed by atoms with Gasteiger partial charge < -0.3 is 14.6 Å². The molecule has 1 aromatic heterocycles. The molecule has 0 saturated carbocycles. The number of ether oxygens (including phenoxy) is 2. The summed E-state index contributed by atoms with van der Waals surface area (Å²) in [5.41, 5.74) is 4.37. The number of carbonyl (C=O) groups excluding carboxylic acids is 1. The number of aromatic nitrogens is 3. The Labute approximate surface area is 191 Å². The highest BCUT2D eigenvalue weighted by molar-refractivity contribution is 5.72. The zero-order chi connectivity index (χ0) is 23.4. The summed E-state index contributed by atoms with van der Waals surface area (Å²) in [6.45, 7) is 3.78. The number of phenolic OH excluding ortho intramolecular Hbond substituents is 1. The fraction of sp³-hybridized carbons (Fsp3) is 0.154. The van der Waals surface area contributed by atoms with E-state index in [1.54, 1.807) is 12.1 Å². The molecule has 0 aliphatic rings. The lowest BCUT2D eigenvalue weighted by atomic mass is 10.1. The Morgan fingerprint density at radius 3 is 1.79 bits per heavy atom. The van der Waals surface area contributed by atoms with Crippen molar-refractivity contribution in [1.82, 2.24) is 15.0 Å². The van der Waals surface area contributed by atoms with Crippen LogP contribution in [0.5, 0.6) is 11.5 Å². The molecule has 33 heavy (non-hydrogen) atoms. The number of methoxy groups -OCH3 is 1. The maximum atomic E-state index is 11.3. The Kier molecular flexibility index (Phi) is 6.31. The number of phenols is 1. The topological polar surface area (TPSA) is 94.4 Å². The summed E-state index contributed by atoms with van der Waals surface area (Å²) in [7, 11) is 1.28. The van der Waals surface area contributed by atoms with Gasteiger partial charge in [0.2, 0.25) is 0 Å². The molecule has 0 atom stereocenters. The van der Waals surface area contributed by atoms with Gasteiger partial charge in [0.15, 0.2) is 24.1 Å². The van der Waals surface area contributed by atoms with E-state index in [-0.39, 0.29) is 12.4 Å². The van der Waals surface area contributed by atoms with Gasteiger partial charge in [0, 0.05) is 17.2 Å². The average molecular weight is 441 g/mol. The van der Waals surface area contributed by atoms with Crippen molar-refractivity contribution in [1.29, 1.82) is 0 Å². The fourth-order valence-electron chi connectivity index (χ4n) is 3.15. The lowest BCUT2D eigenvalue weighted by molar-refractivity contribution is -0.142. The Bertz CT molecular complexity index is 1220. The molecule has 7 heteroatoms. The van der Waals surface area contributed by atoms with Crippen molar-refractivity contribution in [3.63, 3.8) is 0 Å². The standard InChI is InChI=1S/C26H23N3O4/c1-16-4-8-18(9-5-16)24-27-25(19-10-6-17(2)7-11-19)29-26(28-24)21-13-12-20(14-22(21)30)33-15-23(31)32-3/h4-14,30H,15H2,1-3H3. The molecule has 7 nitrogen and oxygen atoms in total. The van der Waals surface area contributed by atoms with E-state index in [4.69, 9.17) is 4.74 Å². The number of aryl methyl sites for hydroxylation is 2. The summed E-state index contributed by atoms with van der Waals surface area (Å²) in [6.07, 6.45) is 0. The van der Waals surface area contributed by atoms with Gasteiger partial charge in [-0.15, -0.1) is 0 Å². The average Bonchev–Trinajstić information content (AvgIpc) is 2.83. The Hall–Kier alpha value is -4.26. The third kappa shape index (κ3) is 5.15. The number of nitrogens with zero attached hydrogens (tertiary/aromatic N) is 3. The second kappa shape index (κ2) is 9.48. The molecule has 4 aromatic rings. The monoisotopic (exact) mass is 441 g/mol. The van der Waals surface area contributed by atoms with Crippen molar-refractivity contribution in [2.45, 2.75) is 13.8 Å². The largest absolute Gasteiger partial charge is 0.507 e. The van der Waals surface area contributed by atoms with Crippen LogP contribution in [0.1, 0.15) is 11.1 Å². The highest BCUT2D eigenvalue weighted by Crippen LogP contribution is 2.32. The minimum Gasteiger partial charge on any atom is -0.507 e. The minimum absolute atomic E-state index is 0.0757. The maximum Gasteiger partial charge on any atom is 0.343 e. The van der Waals surface area contributed by atoms with E-state index in [9.17, 15) is 9.90 Å². The van der Waals surface area contributed by atoms with Crippen LogP contribution in [-0.4, -0.2) is 39.7 Å². The van der Waals surface area contributed by atoms with E-state index in [2.05, 4.69) is 19.7 Å². The molecular formula is C26H23N3O4. The Morgan fingerprint density at radius 1 is 0.788 bits per heavy atom. The van der Waals surface area contributed by atoms with Crippen LogP contribution in [0.2, 0.25) is 0 Å². The SMILES string of the molecule is COC(=O)COc1ccc(-c2nc(-c3ccc(C)cc3)nc(-c3ccc(C)cc3)n2)c(O)c1. The lowest BCUT2D eigenvalue weighted by Crippen LogP contribution is -2.12. The van der Waals surface area contributed by atoms with Gasteiger partial charge in [-0.05, 0) is 26.0 Å². The number of hydrogen-bond donors (Lipinski definition) is 1. The highest BCUT2D eigenvalue weighted by atomic mass is 16.6. The van der Waals surface area contributed by atoms with Crippen LogP contribution in [0.25, 0.3) is 34.2 Å². The van der Waals surface area contributed by atoms with Gasteiger partial charge in [0.1, 0.15) is 11.5 Å². The second-order valence-corrected chi connectivity index (χ2v) is 7.58. The van der Waals surface area contributed by atoms with Gasteiger partial charge >= 0.3 is 5.97 Å². The maximum absolute atomic E-state index is 11.3. The molecule has 1 N–H and O–H groups in total. The van der Waals surface area contributed by atoms with E-state index >= 15 is 0 Å². The molecule has 0 spiro atoms. The van der Waals surface area contributed by atoms with Gasteiger partial charge in [-0.25, -0.2) is 19.7 Å². The number of aromatic hydroxyl groups is 1. The van der Waals surface area contributed by atoms with Crippen molar-refractivity contribution in [3.8, 4) is 45.7 Å². The molecule has 0 bridgehead atoms. The molecule has 0 unspecified atom stereocenters. The first kappa shape index (κ1) is 22.0. The zero-order valence-corrected chi connectivity index (χ0v) is 18.6. The smallest absolute Gasteiger partial charge is 0.343 e. The number of benzene rings is 3. The quantitative estimate of drug-likeness (QED) is 0.432. The number of esters is 1. The first-order valence-electron chi connectivity index (χ1n) is 10.4. The van der Waals surface area contributed by atoms with Gasteiger partial charge in [-0.2, -0.15) is 0 Å². The van der Waals surface area contributed by atoms with Crippen LogP contribution >= 0.6 is 0 Å². The van der Waals surface area contributed by atoms with E-state index in [0.717, 1.165) is 22.3 Å². The van der Waals surface area contributed by atoms with Gasteiger partial charge in [-0.1, -0.05) is 59.7 Å². The summed E-state index contributed by atoms with van der Waals surface area (Å²) >= 11 is 0. The van der Waals surface area contributed by atoms with Crippen LogP contribution in [-0.2, 0) is 9.53 Å². The number of hydrogen-bond acceptors (Lipinski definition) is 7. The molecule has 0 radical (unpaired) electrons. The second-order valence-electron chi connectivity index (χ2n) is 7.58. The Morgan fingerprint density at radius 2 is 1.30 bits per heavy atom. The molecule has 4 rings (SSSR count). The molecule has 0 aliphatic heterocycles. The fourth-order valence-corrected chi connectivity index (χ4v) is 3.15. The van der Waals surface area contributed by atoms with E-state index < -0.39 is 5.97 Å². The van der Waals surface area contributed by atoms with Crippen LogP contribution in [0.4, 0.5) is 0 Å². The first-order valence-corrected chi connectivity index (χ1v) is 10.4. The van der Waals surface area contributed by atoms with Crippen molar-refractivity contribution in [3.05, 3.63) is 77.9 Å². The molecule has 1 heterocycles. The molecule has 3 aromatic carbocycles. The third-order valence-corrected chi connectivity index (χ3v) is 5.05. The normalized spacial score (nSPS) is 10.6. The predicted octanol–water partition coefficient (Wildman–Crippen LogP) is 4.75. The summed E-state index contributed by atoms with van der Waals surface area (Å²) in [4.78, 5) is 25.2. The van der Waals surface area contributed by atoms with E-state index in [0.29, 0.717) is 28.8 Å². The molecule has 166 valence electrons. The predicted molar refractivity (Wildman–Crippen MR) is 125 cm³/mol. The summed E-state index contributed by atoms with van der Waals surface area (Å²) in [5.74, 6) is 1.07. The number of rotatable bonds is 6. The van der Waals surface area contributed by atoms with Crippen LogP contribution < -0.4 is 4.74 Å². The Balaban J connectivity index is 1.77. The van der Waals surface area contributed by atoms with Crippen molar-refractivity contribution in [2.24, 2.45) is 0 Å². The lowest BCUT2D eigenvalue weighted by Gasteiger charge is -2.11.